The Hall–Kier alpha value is -2.47. The lowest BCUT2D eigenvalue weighted by Crippen LogP contribution is -2.76. The van der Waals surface area contributed by atoms with Crippen molar-refractivity contribution in [3.63, 3.8) is 0 Å². The first-order valence-electron chi connectivity index (χ1n) is 8.33. The van der Waals surface area contributed by atoms with Crippen LogP contribution in [0, 0.1) is 5.41 Å². The number of carboxylic acids is 1. The number of aromatic nitrogens is 1. The van der Waals surface area contributed by atoms with Gasteiger partial charge in [-0.25, -0.2) is 4.79 Å². The zero-order chi connectivity index (χ0) is 18.2. The molecule has 1 aromatic carbocycles. The summed E-state index contributed by atoms with van der Waals surface area (Å²) in [6.07, 6.45) is 3.18. The molecule has 1 fully saturated rings. The topological polar surface area (TPSA) is 88.5 Å². The van der Waals surface area contributed by atoms with Gasteiger partial charge in [0.1, 0.15) is 5.54 Å². The van der Waals surface area contributed by atoms with Gasteiger partial charge >= 0.3 is 5.97 Å². The highest BCUT2D eigenvalue weighted by Gasteiger charge is 2.66. The molecule has 0 radical (unpaired) electrons. The number of pyridine rings is 1. The van der Waals surface area contributed by atoms with Gasteiger partial charge in [-0.3, -0.25) is 9.78 Å². The average molecular weight is 342 g/mol. The lowest BCUT2D eigenvalue weighted by Gasteiger charge is -2.58. The van der Waals surface area contributed by atoms with Gasteiger partial charge in [-0.1, -0.05) is 38.1 Å². The van der Waals surface area contributed by atoms with Gasteiger partial charge in [-0.15, -0.1) is 0 Å². The molecule has 0 spiro atoms. The van der Waals surface area contributed by atoms with Crippen molar-refractivity contribution in [2.45, 2.75) is 38.8 Å². The Morgan fingerprint density at radius 3 is 2.68 bits per heavy atom. The fourth-order valence-electron chi connectivity index (χ4n) is 3.60. The molecule has 1 aliphatic rings. The van der Waals surface area contributed by atoms with Crippen molar-refractivity contribution in [2.24, 2.45) is 5.41 Å². The van der Waals surface area contributed by atoms with Gasteiger partial charge in [-0.05, 0) is 12.3 Å². The number of fused-ring (bicyclic) bond motifs is 1. The van der Waals surface area contributed by atoms with Gasteiger partial charge in [0.25, 0.3) is 5.91 Å². The van der Waals surface area contributed by atoms with E-state index in [2.05, 4.69) is 10.3 Å². The molecule has 1 amide bonds. The number of amides is 1. The third-order valence-electron chi connectivity index (χ3n) is 5.37. The molecule has 3 rings (SSSR count). The Labute approximate surface area is 146 Å². The summed E-state index contributed by atoms with van der Waals surface area (Å²) < 4.78 is 5.63. The molecular formula is C19H22N2O4. The molecule has 1 saturated carbocycles. The van der Waals surface area contributed by atoms with Gasteiger partial charge in [-0.2, -0.15) is 0 Å². The van der Waals surface area contributed by atoms with E-state index in [1.165, 1.54) is 6.20 Å². The zero-order valence-electron chi connectivity index (χ0n) is 14.6. The third kappa shape index (κ3) is 2.57. The second kappa shape index (κ2) is 6.11. The first kappa shape index (κ1) is 17.4. The van der Waals surface area contributed by atoms with Crippen molar-refractivity contribution in [3.8, 4) is 0 Å². The van der Waals surface area contributed by atoms with Crippen molar-refractivity contribution < 1.29 is 19.4 Å². The molecule has 0 unspecified atom stereocenters. The number of aliphatic carboxylic acids is 1. The highest BCUT2D eigenvalue weighted by Crippen LogP contribution is 2.51. The largest absolute Gasteiger partial charge is 0.479 e. The summed E-state index contributed by atoms with van der Waals surface area (Å²) >= 11 is 0. The van der Waals surface area contributed by atoms with E-state index < -0.39 is 22.8 Å². The monoisotopic (exact) mass is 342 g/mol. The molecule has 1 heterocycles. The number of carbonyl (C=O) groups is 2. The van der Waals surface area contributed by atoms with E-state index in [4.69, 9.17) is 4.74 Å². The minimum absolute atomic E-state index is 0.209. The van der Waals surface area contributed by atoms with E-state index in [1.54, 1.807) is 6.20 Å². The third-order valence-corrected chi connectivity index (χ3v) is 5.37. The van der Waals surface area contributed by atoms with E-state index in [1.807, 2.05) is 45.0 Å². The smallest absolute Gasteiger partial charge is 0.330 e. The second-order valence-corrected chi connectivity index (χ2v) is 6.94. The molecule has 2 atom stereocenters. The first-order chi connectivity index (χ1) is 11.8. The molecule has 0 aliphatic heterocycles. The first-order valence-corrected chi connectivity index (χ1v) is 8.33. The fourth-order valence-corrected chi connectivity index (χ4v) is 3.60. The number of hydrogen-bond acceptors (Lipinski definition) is 4. The Morgan fingerprint density at radius 2 is 2.04 bits per heavy atom. The molecule has 25 heavy (non-hydrogen) atoms. The van der Waals surface area contributed by atoms with Crippen molar-refractivity contribution in [2.75, 3.05) is 6.61 Å². The van der Waals surface area contributed by atoms with Gasteiger partial charge in [0.05, 0.1) is 11.7 Å². The minimum atomic E-state index is -1.36. The van der Waals surface area contributed by atoms with Gasteiger partial charge < -0.3 is 15.2 Å². The van der Waals surface area contributed by atoms with Gasteiger partial charge in [0.2, 0.25) is 0 Å². The molecule has 0 saturated heterocycles. The molecule has 6 heteroatoms. The predicted octanol–water partition coefficient (Wildman–Crippen LogP) is 2.62. The summed E-state index contributed by atoms with van der Waals surface area (Å²) in [5.74, 6) is -1.48. The lowest BCUT2D eigenvalue weighted by molar-refractivity contribution is -0.190. The molecule has 1 aliphatic carbocycles. The highest BCUT2D eigenvalue weighted by molar-refractivity contribution is 6.08. The zero-order valence-corrected chi connectivity index (χ0v) is 14.6. The summed E-state index contributed by atoms with van der Waals surface area (Å²) in [7, 11) is 0. The van der Waals surface area contributed by atoms with Crippen LogP contribution in [0.25, 0.3) is 10.8 Å². The summed E-state index contributed by atoms with van der Waals surface area (Å²) in [4.78, 5) is 29.0. The number of hydrogen-bond donors (Lipinski definition) is 2. The van der Waals surface area contributed by atoms with E-state index >= 15 is 0 Å². The maximum Gasteiger partial charge on any atom is 0.330 e. The van der Waals surface area contributed by atoms with E-state index in [0.717, 1.165) is 10.8 Å². The number of nitrogens with zero attached hydrogens (tertiary/aromatic N) is 1. The lowest BCUT2D eigenvalue weighted by atomic mass is 9.54. The van der Waals surface area contributed by atoms with E-state index in [0.29, 0.717) is 12.2 Å². The summed E-state index contributed by atoms with van der Waals surface area (Å²) in [5, 5.41) is 14.2. The number of rotatable bonds is 5. The van der Waals surface area contributed by atoms with Gasteiger partial charge in [0, 0.05) is 36.2 Å². The van der Waals surface area contributed by atoms with Crippen LogP contribution in [0.15, 0.2) is 36.7 Å². The second-order valence-electron chi connectivity index (χ2n) is 6.94. The van der Waals surface area contributed by atoms with E-state index in [-0.39, 0.29) is 12.5 Å². The Kier molecular flexibility index (Phi) is 4.24. The SMILES string of the molecule is CCO[C@@H]1C[C@@](NC(=O)c2cncc3ccccc23)(C(=O)O)C1(C)C. The van der Waals surface area contributed by atoms with Crippen molar-refractivity contribution in [1.82, 2.24) is 10.3 Å². The summed E-state index contributed by atoms with van der Waals surface area (Å²) in [6, 6.07) is 7.40. The molecule has 0 bridgehead atoms. The number of carbonyl (C=O) groups excluding carboxylic acids is 1. The van der Waals surface area contributed by atoms with Crippen molar-refractivity contribution in [1.29, 1.82) is 0 Å². The number of ether oxygens (including phenoxy) is 1. The Morgan fingerprint density at radius 1 is 1.32 bits per heavy atom. The molecule has 6 nitrogen and oxygen atoms in total. The average Bonchev–Trinajstić information content (AvgIpc) is 2.59. The van der Waals surface area contributed by atoms with Crippen LogP contribution in [0.2, 0.25) is 0 Å². The quantitative estimate of drug-likeness (QED) is 0.872. The molecule has 132 valence electrons. The van der Waals surface area contributed by atoms with Crippen LogP contribution in [0.4, 0.5) is 0 Å². The standard InChI is InChI=1S/C19H22N2O4/c1-4-25-15-9-19(17(23)24,18(15,2)3)21-16(22)14-11-20-10-12-7-5-6-8-13(12)14/h5-8,10-11,15H,4,9H2,1-3H3,(H,21,22)(H,23,24)/t15-,19-/m1/s1. The molecular weight excluding hydrogens is 320 g/mol. The van der Waals surface area contributed by atoms with Gasteiger partial charge in [0.15, 0.2) is 0 Å². The molecule has 1 aromatic heterocycles. The minimum Gasteiger partial charge on any atom is -0.479 e. The van der Waals surface area contributed by atoms with Crippen LogP contribution in [-0.4, -0.2) is 40.2 Å². The Bertz CT molecular complexity index is 828. The molecule has 2 aromatic rings. The summed E-state index contributed by atoms with van der Waals surface area (Å²) in [5.41, 5.74) is -1.71. The number of carboxylic acid groups (broad SMARTS) is 1. The van der Waals surface area contributed by atoms with Crippen LogP contribution in [0.5, 0.6) is 0 Å². The molecule has 2 N–H and O–H groups in total. The van der Waals surface area contributed by atoms with Crippen LogP contribution in [-0.2, 0) is 9.53 Å². The highest BCUT2D eigenvalue weighted by atomic mass is 16.5. The van der Waals surface area contributed by atoms with Crippen molar-refractivity contribution >= 4 is 22.6 Å². The number of nitrogens with one attached hydrogen (secondary N) is 1. The van der Waals surface area contributed by atoms with Crippen LogP contribution >= 0.6 is 0 Å². The van der Waals surface area contributed by atoms with E-state index in [9.17, 15) is 14.7 Å². The predicted molar refractivity (Wildman–Crippen MR) is 93.4 cm³/mol. The van der Waals surface area contributed by atoms with Crippen LogP contribution < -0.4 is 5.32 Å². The number of benzene rings is 1. The van der Waals surface area contributed by atoms with Crippen molar-refractivity contribution in [3.05, 3.63) is 42.2 Å². The maximum atomic E-state index is 12.9. The van der Waals surface area contributed by atoms with Crippen LogP contribution in [0.1, 0.15) is 37.6 Å². The van der Waals surface area contributed by atoms with Crippen LogP contribution in [0.3, 0.4) is 0 Å². The summed E-state index contributed by atoms with van der Waals surface area (Å²) in [6.45, 7) is 6.00. The Balaban J connectivity index is 1.94. The maximum absolute atomic E-state index is 12.9. The fraction of sp³-hybridized carbons (Fsp3) is 0.421. The normalized spacial score (nSPS) is 24.5.